The van der Waals surface area contributed by atoms with E-state index in [1.165, 1.54) is 0 Å². The third-order valence-corrected chi connectivity index (χ3v) is 2.18. The molecule has 0 aliphatic heterocycles. The van der Waals surface area contributed by atoms with Crippen LogP contribution in [0.25, 0.3) is 11.4 Å². The lowest BCUT2D eigenvalue weighted by molar-refractivity contribution is 0.311. The summed E-state index contributed by atoms with van der Waals surface area (Å²) in [5.41, 5.74) is 0.748. The standard InChI is InChI=1S/C12H13N3O2/c16-7-6-13-11-4-5-14-12(15-11)9-2-1-3-10(17)8-9/h1-5,8,16-17H,6-7H2,(H,13,14,15). The van der Waals surface area contributed by atoms with Crippen molar-refractivity contribution < 1.29 is 10.2 Å². The van der Waals surface area contributed by atoms with Gasteiger partial charge in [-0.2, -0.15) is 0 Å². The Balaban J connectivity index is 2.26. The molecule has 0 saturated carbocycles. The van der Waals surface area contributed by atoms with E-state index < -0.39 is 0 Å². The number of aliphatic hydroxyl groups is 1. The van der Waals surface area contributed by atoms with E-state index in [2.05, 4.69) is 15.3 Å². The van der Waals surface area contributed by atoms with Crippen LogP contribution >= 0.6 is 0 Å². The second-order valence-electron chi connectivity index (χ2n) is 3.47. The highest BCUT2D eigenvalue weighted by atomic mass is 16.3. The number of phenols is 1. The van der Waals surface area contributed by atoms with Gasteiger partial charge in [-0.25, -0.2) is 9.97 Å². The molecule has 88 valence electrons. The van der Waals surface area contributed by atoms with Crippen molar-refractivity contribution in [2.24, 2.45) is 0 Å². The van der Waals surface area contributed by atoms with Gasteiger partial charge in [-0.15, -0.1) is 0 Å². The average molecular weight is 231 g/mol. The Kier molecular flexibility index (Phi) is 3.52. The van der Waals surface area contributed by atoms with E-state index in [0.29, 0.717) is 18.2 Å². The zero-order valence-corrected chi connectivity index (χ0v) is 9.17. The fourth-order valence-electron chi connectivity index (χ4n) is 1.43. The molecule has 2 aromatic rings. The largest absolute Gasteiger partial charge is 0.508 e. The normalized spacial score (nSPS) is 10.2. The first-order chi connectivity index (χ1) is 8.29. The predicted molar refractivity (Wildman–Crippen MR) is 64.7 cm³/mol. The van der Waals surface area contributed by atoms with Gasteiger partial charge in [-0.1, -0.05) is 12.1 Å². The smallest absolute Gasteiger partial charge is 0.161 e. The van der Waals surface area contributed by atoms with Crippen molar-refractivity contribution in [3.8, 4) is 17.1 Å². The summed E-state index contributed by atoms with van der Waals surface area (Å²) < 4.78 is 0. The maximum atomic E-state index is 9.38. The molecule has 0 unspecified atom stereocenters. The fourth-order valence-corrected chi connectivity index (χ4v) is 1.43. The first-order valence-electron chi connectivity index (χ1n) is 5.27. The van der Waals surface area contributed by atoms with E-state index in [0.717, 1.165) is 5.56 Å². The number of hydrogen-bond acceptors (Lipinski definition) is 5. The van der Waals surface area contributed by atoms with Gasteiger partial charge in [-0.3, -0.25) is 0 Å². The number of rotatable bonds is 4. The maximum Gasteiger partial charge on any atom is 0.161 e. The molecule has 0 radical (unpaired) electrons. The van der Waals surface area contributed by atoms with Crippen molar-refractivity contribution in [1.29, 1.82) is 0 Å². The van der Waals surface area contributed by atoms with Crippen LogP contribution in [0.4, 0.5) is 5.82 Å². The zero-order chi connectivity index (χ0) is 12.1. The van der Waals surface area contributed by atoms with Crippen LogP contribution in [0.5, 0.6) is 5.75 Å². The monoisotopic (exact) mass is 231 g/mol. The first-order valence-corrected chi connectivity index (χ1v) is 5.27. The van der Waals surface area contributed by atoms with Crippen molar-refractivity contribution >= 4 is 5.82 Å². The highest BCUT2D eigenvalue weighted by Crippen LogP contribution is 2.20. The number of benzene rings is 1. The molecule has 0 bridgehead atoms. The number of anilines is 1. The highest BCUT2D eigenvalue weighted by molar-refractivity contribution is 5.58. The lowest BCUT2D eigenvalue weighted by Crippen LogP contribution is -2.07. The summed E-state index contributed by atoms with van der Waals surface area (Å²) in [4.78, 5) is 8.41. The molecule has 0 saturated heterocycles. The lowest BCUT2D eigenvalue weighted by Gasteiger charge is -2.05. The summed E-state index contributed by atoms with van der Waals surface area (Å²) in [5, 5.41) is 21.0. The van der Waals surface area contributed by atoms with Crippen LogP contribution in [0, 0.1) is 0 Å². The molecular weight excluding hydrogens is 218 g/mol. The number of aliphatic hydroxyl groups excluding tert-OH is 1. The van der Waals surface area contributed by atoms with E-state index in [4.69, 9.17) is 5.11 Å². The van der Waals surface area contributed by atoms with E-state index in [9.17, 15) is 5.11 Å². The Bertz CT molecular complexity index is 503. The van der Waals surface area contributed by atoms with Crippen LogP contribution in [-0.4, -0.2) is 33.3 Å². The van der Waals surface area contributed by atoms with Crippen LogP contribution in [0.2, 0.25) is 0 Å². The van der Waals surface area contributed by atoms with Gasteiger partial charge in [0.25, 0.3) is 0 Å². The van der Waals surface area contributed by atoms with Gasteiger partial charge in [0.05, 0.1) is 6.61 Å². The third kappa shape index (κ3) is 2.92. The predicted octanol–water partition coefficient (Wildman–Crippen LogP) is 1.25. The molecule has 5 heteroatoms. The number of hydrogen-bond donors (Lipinski definition) is 3. The van der Waals surface area contributed by atoms with E-state index >= 15 is 0 Å². The quantitative estimate of drug-likeness (QED) is 0.738. The van der Waals surface area contributed by atoms with Crippen molar-refractivity contribution in [2.45, 2.75) is 0 Å². The first kappa shape index (κ1) is 11.3. The van der Waals surface area contributed by atoms with Crippen LogP contribution in [0.3, 0.4) is 0 Å². The lowest BCUT2D eigenvalue weighted by atomic mass is 10.2. The summed E-state index contributed by atoms with van der Waals surface area (Å²) in [6.07, 6.45) is 1.63. The summed E-state index contributed by atoms with van der Waals surface area (Å²) in [5.74, 6) is 1.36. The molecule has 0 aliphatic carbocycles. The Morgan fingerprint density at radius 2 is 2.12 bits per heavy atom. The van der Waals surface area contributed by atoms with Crippen LogP contribution in [0.15, 0.2) is 36.5 Å². The minimum Gasteiger partial charge on any atom is -0.508 e. The van der Waals surface area contributed by atoms with Crippen molar-refractivity contribution in [1.82, 2.24) is 9.97 Å². The summed E-state index contributed by atoms with van der Waals surface area (Å²) in [6.45, 7) is 0.488. The second-order valence-corrected chi connectivity index (χ2v) is 3.47. The Labute approximate surface area is 98.8 Å². The van der Waals surface area contributed by atoms with Crippen molar-refractivity contribution in [3.63, 3.8) is 0 Å². The number of aromatic nitrogens is 2. The summed E-state index contributed by atoms with van der Waals surface area (Å²) >= 11 is 0. The molecule has 5 nitrogen and oxygen atoms in total. The molecule has 1 heterocycles. The molecule has 0 fully saturated rings. The highest BCUT2D eigenvalue weighted by Gasteiger charge is 2.03. The van der Waals surface area contributed by atoms with Crippen molar-refractivity contribution in [3.05, 3.63) is 36.5 Å². The second kappa shape index (κ2) is 5.27. The number of nitrogens with one attached hydrogen (secondary N) is 1. The minimum absolute atomic E-state index is 0.0471. The van der Waals surface area contributed by atoms with Crippen LogP contribution in [-0.2, 0) is 0 Å². The number of phenolic OH excluding ortho intramolecular Hbond substituents is 1. The van der Waals surface area contributed by atoms with Crippen molar-refractivity contribution in [2.75, 3.05) is 18.5 Å². The molecule has 3 N–H and O–H groups in total. The molecule has 0 spiro atoms. The molecule has 0 aliphatic rings. The van der Waals surface area contributed by atoms with Gasteiger partial charge >= 0.3 is 0 Å². The Morgan fingerprint density at radius 1 is 1.24 bits per heavy atom. The minimum atomic E-state index is 0.0471. The number of nitrogens with zero attached hydrogens (tertiary/aromatic N) is 2. The average Bonchev–Trinajstić information content (AvgIpc) is 2.37. The van der Waals surface area contributed by atoms with Crippen LogP contribution in [0.1, 0.15) is 0 Å². The van der Waals surface area contributed by atoms with Gasteiger partial charge in [0.2, 0.25) is 0 Å². The zero-order valence-electron chi connectivity index (χ0n) is 9.17. The molecule has 17 heavy (non-hydrogen) atoms. The Morgan fingerprint density at radius 3 is 2.88 bits per heavy atom. The van der Waals surface area contributed by atoms with E-state index in [1.807, 2.05) is 6.07 Å². The van der Waals surface area contributed by atoms with Gasteiger partial charge in [0.15, 0.2) is 5.82 Å². The molecule has 0 atom stereocenters. The molecule has 0 amide bonds. The molecule has 1 aromatic carbocycles. The van der Waals surface area contributed by atoms with Gasteiger partial charge in [0, 0.05) is 18.3 Å². The summed E-state index contributed by atoms with van der Waals surface area (Å²) in [7, 11) is 0. The number of aromatic hydroxyl groups is 1. The van der Waals surface area contributed by atoms with Crippen LogP contribution < -0.4 is 5.32 Å². The molecular formula is C12H13N3O2. The SMILES string of the molecule is OCCNc1ccnc(-c2cccc(O)c2)n1. The van der Waals surface area contributed by atoms with Gasteiger partial charge in [0.1, 0.15) is 11.6 Å². The fraction of sp³-hybridized carbons (Fsp3) is 0.167. The van der Waals surface area contributed by atoms with Gasteiger partial charge in [-0.05, 0) is 18.2 Å². The van der Waals surface area contributed by atoms with E-state index in [-0.39, 0.29) is 12.4 Å². The maximum absolute atomic E-state index is 9.38. The molecule has 2 rings (SSSR count). The topological polar surface area (TPSA) is 78.3 Å². The Hall–Kier alpha value is -2.14. The summed E-state index contributed by atoms with van der Waals surface area (Å²) in [6, 6.07) is 8.48. The van der Waals surface area contributed by atoms with E-state index in [1.54, 1.807) is 30.5 Å². The molecule has 1 aromatic heterocycles. The van der Waals surface area contributed by atoms with Gasteiger partial charge < -0.3 is 15.5 Å². The third-order valence-electron chi connectivity index (χ3n) is 2.18.